The summed E-state index contributed by atoms with van der Waals surface area (Å²) in [5, 5.41) is 22.6. The van der Waals surface area contributed by atoms with Gasteiger partial charge < -0.3 is 15.1 Å². The van der Waals surface area contributed by atoms with Crippen LogP contribution in [0.4, 0.5) is 11.4 Å². The van der Waals surface area contributed by atoms with Crippen LogP contribution < -0.4 is 5.32 Å². The van der Waals surface area contributed by atoms with Crippen LogP contribution in [0.15, 0.2) is 36.0 Å². The number of amides is 2. The normalized spacial score (nSPS) is 14.6. The molecule has 1 aliphatic rings. The first kappa shape index (κ1) is 17.9. The van der Waals surface area contributed by atoms with Crippen LogP contribution in [0.25, 0.3) is 0 Å². The summed E-state index contributed by atoms with van der Waals surface area (Å²) in [5.74, 6) is -0.455. The molecule has 0 unspecified atom stereocenters. The summed E-state index contributed by atoms with van der Waals surface area (Å²) >= 11 is 0. The molecule has 0 bridgehead atoms. The van der Waals surface area contributed by atoms with Crippen molar-refractivity contribution < 1.29 is 14.5 Å². The predicted molar refractivity (Wildman–Crippen MR) is 89.2 cm³/mol. The Morgan fingerprint density at radius 3 is 2.24 bits per heavy atom. The van der Waals surface area contributed by atoms with Gasteiger partial charge in [0.05, 0.1) is 4.92 Å². The molecule has 1 heterocycles. The molecular formula is C16H17N5O4. The molecule has 25 heavy (non-hydrogen) atoms. The number of hydrogen-bond donors (Lipinski definition) is 1. The van der Waals surface area contributed by atoms with Gasteiger partial charge in [-0.1, -0.05) is 0 Å². The lowest BCUT2D eigenvalue weighted by atomic mass is 10.2. The van der Waals surface area contributed by atoms with Crippen molar-refractivity contribution in [3.8, 4) is 6.07 Å². The second kappa shape index (κ2) is 7.92. The fraction of sp³-hybridized carbons (Fsp3) is 0.312. The Balaban J connectivity index is 2.00. The van der Waals surface area contributed by atoms with Crippen LogP contribution in [0.5, 0.6) is 0 Å². The van der Waals surface area contributed by atoms with E-state index in [-0.39, 0.29) is 17.2 Å². The molecule has 0 atom stereocenters. The lowest BCUT2D eigenvalue weighted by molar-refractivity contribution is -0.384. The molecule has 1 fully saturated rings. The van der Waals surface area contributed by atoms with Gasteiger partial charge in [-0.3, -0.25) is 19.7 Å². The van der Waals surface area contributed by atoms with E-state index in [1.54, 1.807) is 4.90 Å². The summed E-state index contributed by atoms with van der Waals surface area (Å²) in [5.41, 5.74) is 0.400. The highest BCUT2D eigenvalue weighted by molar-refractivity contribution is 5.97. The number of anilines is 1. The summed E-state index contributed by atoms with van der Waals surface area (Å²) in [6.45, 7) is 3.10. The van der Waals surface area contributed by atoms with Crippen LogP contribution in [0.2, 0.25) is 0 Å². The van der Waals surface area contributed by atoms with Crippen molar-refractivity contribution >= 4 is 23.2 Å². The highest BCUT2D eigenvalue weighted by Gasteiger charge is 2.24. The van der Waals surface area contributed by atoms with Crippen LogP contribution in [0.1, 0.15) is 6.92 Å². The monoisotopic (exact) mass is 343 g/mol. The van der Waals surface area contributed by atoms with Crippen molar-refractivity contribution in [1.29, 1.82) is 5.26 Å². The number of carbonyl (C=O) groups excluding carboxylic acids is 2. The average Bonchev–Trinajstić information content (AvgIpc) is 2.62. The molecule has 130 valence electrons. The molecule has 0 saturated carbocycles. The number of nitriles is 1. The van der Waals surface area contributed by atoms with Gasteiger partial charge in [0.2, 0.25) is 5.91 Å². The van der Waals surface area contributed by atoms with Crippen LogP contribution in [0.3, 0.4) is 0 Å². The maximum Gasteiger partial charge on any atom is 0.269 e. The number of hydrogen-bond acceptors (Lipinski definition) is 6. The largest absolute Gasteiger partial charge is 0.360 e. The zero-order valence-electron chi connectivity index (χ0n) is 13.6. The molecule has 0 aromatic heterocycles. The number of non-ortho nitro benzene ring substituents is 1. The van der Waals surface area contributed by atoms with Gasteiger partial charge in [0.1, 0.15) is 11.6 Å². The Morgan fingerprint density at radius 1 is 1.20 bits per heavy atom. The van der Waals surface area contributed by atoms with Gasteiger partial charge in [-0.15, -0.1) is 0 Å². The van der Waals surface area contributed by atoms with Crippen molar-refractivity contribution in [2.75, 3.05) is 31.5 Å². The number of nitro benzene ring substituents is 1. The van der Waals surface area contributed by atoms with E-state index in [9.17, 15) is 25.0 Å². The second-order valence-electron chi connectivity index (χ2n) is 5.42. The number of benzene rings is 1. The minimum atomic E-state index is -0.509. The number of piperazine rings is 1. The molecule has 0 spiro atoms. The summed E-state index contributed by atoms with van der Waals surface area (Å²) < 4.78 is 0. The highest BCUT2D eigenvalue weighted by Crippen LogP contribution is 2.16. The maximum absolute atomic E-state index is 12.4. The van der Waals surface area contributed by atoms with Gasteiger partial charge in [0, 0.05) is 57.1 Å². The van der Waals surface area contributed by atoms with E-state index in [4.69, 9.17) is 0 Å². The third-order valence-corrected chi connectivity index (χ3v) is 3.82. The standard InChI is InChI=1S/C16H17N5O4/c1-12(22)19-6-8-20(9-7-19)16(23)13(10-17)11-18-14-2-4-15(5-3-14)21(24)25/h2-5,11,18H,6-9H2,1H3/b13-11-. The van der Waals surface area contributed by atoms with E-state index in [2.05, 4.69) is 5.32 Å². The van der Waals surface area contributed by atoms with Gasteiger partial charge in [-0.05, 0) is 12.1 Å². The second-order valence-corrected chi connectivity index (χ2v) is 5.42. The van der Waals surface area contributed by atoms with Crippen molar-refractivity contribution in [3.05, 3.63) is 46.2 Å². The first-order valence-electron chi connectivity index (χ1n) is 7.58. The maximum atomic E-state index is 12.4. The van der Waals surface area contributed by atoms with Crippen LogP contribution in [-0.2, 0) is 9.59 Å². The van der Waals surface area contributed by atoms with Crippen molar-refractivity contribution in [2.24, 2.45) is 0 Å². The predicted octanol–water partition coefficient (Wildman–Crippen LogP) is 1.10. The smallest absolute Gasteiger partial charge is 0.269 e. The van der Waals surface area contributed by atoms with E-state index in [1.807, 2.05) is 6.07 Å². The molecule has 0 radical (unpaired) electrons. The van der Waals surface area contributed by atoms with E-state index in [0.29, 0.717) is 31.9 Å². The SMILES string of the molecule is CC(=O)N1CCN(C(=O)/C(C#N)=C\Nc2ccc([N+](=O)[O-])cc2)CC1. The topological polar surface area (TPSA) is 120 Å². The van der Waals surface area contributed by atoms with Gasteiger partial charge >= 0.3 is 0 Å². The van der Waals surface area contributed by atoms with E-state index in [0.717, 1.165) is 0 Å². The van der Waals surface area contributed by atoms with Crippen molar-refractivity contribution in [2.45, 2.75) is 6.92 Å². The summed E-state index contributed by atoms with van der Waals surface area (Å²) in [4.78, 5) is 36.9. The highest BCUT2D eigenvalue weighted by atomic mass is 16.6. The lowest BCUT2D eigenvalue weighted by Gasteiger charge is -2.34. The number of nitro groups is 1. The zero-order chi connectivity index (χ0) is 18.4. The Kier molecular flexibility index (Phi) is 5.68. The van der Waals surface area contributed by atoms with E-state index in [1.165, 1.54) is 42.3 Å². The molecule has 1 aromatic carbocycles. The van der Waals surface area contributed by atoms with Gasteiger partial charge in [0.25, 0.3) is 11.6 Å². The fourth-order valence-electron chi connectivity index (χ4n) is 2.37. The Labute approximate surface area is 144 Å². The number of nitrogens with zero attached hydrogens (tertiary/aromatic N) is 4. The summed E-state index contributed by atoms with van der Waals surface area (Å²) in [7, 11) is 0. The van der Waals surface area contributed by atoms with E-state index < -0.39 is 10.8 Å². The minimum Gasteiger partial charge on any atom is -0.360 e. The van der Waals surface area contributed by atoms with E-state index >= 15 is 0 Å². The lowest BCUT2D eigenvalue weighted by Crippen LogP contribution is -2.50. The number of carbonyl (C=O) groups is 2. The molecule has 9 heteroatoms. The average molecular weight is 343 g/mol. The molecular weight excluding hydrogens is 326 g/mol. The first-order valence-corrected chi connectivity index (χ1v) is 7.58. The van der Waals surface area contributed by atoms with Gasteiger partial charge in [-0.25, -0.2) is 0 Å². The molecule has 1 aliphatic heterocycles. The molecule has 2 rings (SSSR count). The van der Waals surface area contributed by atoms with Crippen LogP contribution >= 0.6 is 0 Å². The van der Waals surface area contributed by atoms with Crippen LogP contribution in [-0.4, -0.2) is 52.7 Å². The fourth-order valence-corrected chi connectivity index (χ4v) is 2.37. The minimum absolute atomic E-state index is 0.0389. The number of rotatable bonds is 4. The number of nitrogens with one attached hydrogen (secondary N) is 1. The van der Waals surface area contributed by atoms with Crippen molar-refractivity contribution in [3.63, 3.8) is 0 Å². The molecule has 2 amide bonds. The Bertz CT molecular complexity index is 743. The third kappa shape index (κ3) is 4.54. The summed E-state index contributed by atoms with van der Waals surface area (Å²) in [6, 6.07) is 7.47. The third-order valence-electron chi connectivity index (χ3n) is 3.82. The quantitative estimate of drug-likeness (QED) is 0.378. The van der Waals surface area contributed by atoms with Gasteiger partial charge in [-0.2, -0.15) is 5.26 Å². The molecule has 9 nitrogen and oxygen atoms in total. The van der Waals surface area contributed by atoms with Gasteiger partial charge in [0.15, 0.2) is 0 Å². The molecule has 0 aliphatic carbocycles. The molecule has 1 saturated heterocycles. The van der Waals surface area contributed by atoms with Crippen LogP contribution in [0, 0.1) is 21.4 Å². The Hall–Kier alpha value is -3.41. The first-order chi connectivity index (χ1) is 11.9. The molecule has 1 N–H and O–H groups in total. The summed E-state index contributed by atoms with van der Waals surface area (Å²) in [6.07, 6.45) is 1.28. The van der Waals surface area contributed by atoms with Crippen molar-refractivity contribution in [1.82, 2.24) is 9.80 Å². The zero-order valence-corrected chi connectivity index (χ0v) is 13.6. The Morgan fingerprint density at radius 2 is 1.76 bits per heavy atom. The molecule has 1 aromatic rings.